The largest absolute Gasteiger partial charge is 0.391 e. The van der Waals surface area contributed by atoms with Gasteiger partial charge in [0, 0.05) is 37.9 Å². The Morgan fingerprint density at radius 1 is 0.952 bits per heavy atom. The number of rotatable bonds is 2. The Labute approximate surface area is 126 Å². The minimum atomic E-state index is -0.628. The molecule has 0 unspecified atom stereocenters. The molecule has 2 fully saturated rings. The molecule has 1 aliphatic heterocycles. The van der Waals surface area contributed by atoms with Gasteiger partial charge in [0.1, 0.15) is 0 Å². The number of nitrogens with zero attached hydrogens (tertiary/aromatic N) is 2. The van der Waals surface area contributed by atoms with E-state index in [0.717, 1.165) is 26.2 Å². The Morgan fingerprint density at radius 2 is 1.62 bits per heavy atom. The van der Waals surface area contributed by atoms with Gasteiger partial charge in [0.2, 0.25) is 0 Å². The summed E-state index contributed by atoms with van der Waals surface area (Å²) >= 11 is 0. The lowest BCUT2D eigenvalue weighted by atomic mass is 9.85. The van der Waals surface area contributed by atoms with Crippen molar-refractivity contribution < 1.29 is 10.2 Å². The highest BCUT2D eigenvalue weighted by molar-refractivity contribution is 5.46. The van der Waals surface area contributed by atoms with Gasteiger partial charge < -0.3 is 20.8 Å². The number of piperazine rings is 1. The van der Waals surface area contributed by atoms with Crippen molar-refractivity contribution in [3.8, 4) is 0 Å². The molecule has 1 saturated carbocycles. The number of hydrogen-bond acceptors (Lipinski definition) is 5. The Kier molecular flexibility index (Phi) is 4.45. The summed E-state index contributed by atoms with van der Waals surface area (Å²) in [4.78, 5) is 4.55. The second-order valence-electron chi connectivity index (χ2n) is 6.15. The summed E-state index contributed by atoms with van der Waals surface area (Å²) in [6.07, 6.45) is 0.282. The molecule has 0 spiro atoms. The molecule has 0 aromatic heterocycles. The topological polar surface area (TPSA) is 73.0 Å². The minimum absolute atomic E-state index is 0.216. The van der Waals surface area contributed by atoms with Crippen LogP contribution >= 0.6 is 0 Å². The molecule has 116 valence electrons. The Balaban J connectivity index is 1.62. The molecule has 2 aliphatic rings. The first kappa shape index (κ1) is 14.8. The fraction of sp³-hybridized carbons (Fsp3) is 0.625. The van der Waals surface area contributed by atoms with Gasteiger partial charge in [-0.2, -0.15) is 0 Å². The number of benzene rings is 1. The van der Waals surface area contributed by atoms with E-state index in [0.29, 0.717) is 12.8 Å². The molecule has 0 bridgehead atoms. The van der Waals surface area contributed by atoms with Crippen LogP contribution in [0.4, 0.5) is 5.69 Å². The molecule has 1 heterocycles. The average molecular weight is 291 g/mol. The molecule has 4 atom stereocenters. The van der Waals surface area contributed by atoms with Gasteiger partial charge in [-0.15, -0.1) is 0 Å². The van der Waals surface area contributed by atoms with Gasteiger partial charge >= 0.3 is 0 Å². The zero-order valence-corrected chi connectivity index (χ0v) is 12.3. The predicted octanol–water partition coefficient (Wildman–Crippen LogP) is 0.0201. The average Bonchev–Trinajstić information content (AvgIpc) is 2.53. The van der Waals surface area contributed by atoms with Gasteiger partial charge in [-0.05, 0) is 25.0 Å². The SMILES string of the molecule is N[C@@H]1CC[C@H](O)[C@@H](N2CCN(c3ccccc3)CC2)[C@@H]1O. The predicted molar refractivity (Wildman–Crippen MR) is 83.2 cm³/mol. The van der Waals surface area contributed by atoms with Gasteiger partial charge in [0.15, 0.2) is 0 Å². The van der Waals surface area contributed by atoms with Gasteiger partial charge in [0.05, 0.1) is 18.2 Å². The highest BCUT2D eigenvalue weighted by atomic mass is 16.3. The summed E-state index contributed by atoms with van der Waals surface area (Å²) in [5.74, 6) is 0. The highest BCUT2D eigenvalue weighted by Gasteiger charge is 2.40. The third-order valence-electron chi connectivity index (χ3n) is 4.84. The van der Waals surface area contributed by atoms with Crippen molar-refractivity contribution in [2.45, 2.75) is 37.1 Å². The van der Waals surface area contributed by atoms with Gasteiger partial charge in [0.25, 0.3) is 0 Å². The van der Waals surface area contributed by atoms with E-state index in [-0.39, 0.29) is 12.1 Å². The van der Waals surface area contributed by atoms with Crippen LogP contribution in [0.2, 0.25) is 0 Å². The summed E-state index contributed by atoms with van der Waals surface area (Å²) in [6.45, 7) is 3.52. The molecule has 1 aromatic carbocycles. The number of aliphatic hydroxyl groups is 2. The quantitative estimate of drug-likeness (QED) is 0.716. The lowest BCUT2D eigenvalue weighted by Crippen LogP contribution is -2.63. The van der Waals surface area contributed by atoms with Gasteiger partial charge in [-0.3, -0.25) is 4.90 Å². The maximum Gasteiger partial charge on any atom is 0.0871 e. The maximum absolute atomic E-state index is 10.3. The normalized spacial score (nSPS) is 34.9. The molecule has 3 rings (SSSR count). The number of hydrogen-bond donors (Lipinski definition) is 3. The summed E-state index contributed by atoms with van der Waals surface area (Å²) in [5, 5.41) is 20.5. The maximum atomic E-state index is 10.3. The van der Waals surface area contributed by atoms with Crippen LogP contribution in [0, 0.1) is 0 Å². The molecule has 4 N–H and O–H groups in total. The minimum Gasteiger partial charge on any atom is -0.391 e. The van der Waals surface area contributed by atoms with Crippen LogP contribution in [-0.4, -0.2) is 65.6 Å². The molecular formula is C16H25N3O2. The van der Waals surface area contributed by atoms with Crippen molar-refractivity contribution in [1.29, 1.82) is 0 Å². The molecule has 21 heavy (non-hydrogen) atoms. The molecule has 5 nitrogen and oxygen atoms in total. The van der Waals surface area contributed by atoms with E-state index in [9.17, 15) is 10.2 Å². The third kappa shape index (κ3) is 3.06. The molecule has 0 radical (unpaired) electrons. The number of anilines is 1. The van der Waals surface area contributed by atoms with Crippen LogP contribution in [-0.2, 0) is 0 Å². The first-order chi connectivity index (χ1) is 10.2. The number of aliphatic hydroxyl groups excluding tert-OH is 2. The Hall–Kier alpha value is -1.14. The fourth-order valence-corrected chi connectivity index (χ4v) is 3.56. The summed E-state index contributed by atoms with van der Waals surface area (Å²) in [7, 11) is 0. The van der Waals surface area contributed by atoms with Crippen molar-refractivity contribution in [1.82, 2.24) is 4.90 Å². The molecule has 1 saturated heterocycles. The van der Waals surface area contributed by atoms with Gasteiger partial charge in [-0.25, -0.2) is 0 Å². The van der Waals surface area contributed by atoms with Crippen molar-refractivity contribution in [3.63, 3.8) is 0 Å². The van der Waals surface area contributed by atoms with E-state index >= 15 is 0 Å². The number of para-hydroxylation sites is 1. The standard InChI is InChI=1S/C16H25N3O2/c17-13-6-7-14(20)15(16(13)21)19-10-8-18(9-11-19)12-4-2-1-3-5-12/h1-5,13-16,20-21H,6-11,17H2/t13-,14+,15-,16-/m1/s1. The zero-order valence-electron chi connectivity index (χ0n) is 12.3. The lowest BCUT2D eigenvalue weighted by molar-refractivity contribution is -0.0662. The van der Waals surface area contributed by atoms with E-state index in [1.54, 1.807) is 0 Å². The molecule has 1 aromatic rings. The molecule has 0 amide bonds. The van der Waals surface area contributed by atoms with Crippen LogP contribution in [0.15, 0.2) is 30.3 Å². The summed E-state index contributed by atoms with van der Waals surface area (Å²) < 4.78 is 0. The van der Waals surface area contributed by atoms with Crippen molar-refractivity contribution in [2.75, 3.05) is 31.1 Å². The van der Waals surface area contributed by atoms with Crippen LogP contribution in [0.5, 0.6) is 0 Å². The van der Waals surface area contributed by atoms with E-state index < -0.39 is 12.2 Å². The smallest absolute Gasteiger partial charge is 0.0871 e. The Bertz CT molecular complexity index is 448. The van der Waals surface area contributed by atoms with E-state index in [1.807, 2.05) is 6.07 Å². The lowest BCUT2D eigenvalue weighted by Gasteiger charge is -2.46. The van der Waals surface area contributed by atoms with Crippen molar-refractivity contribution in [2.24, 2.45) is 5.73 Å². The number of nitrogens with two attached hydrogens (primary N) is 1. The van der Waals surface area contributed by atoms with Crippen molar-refractivity contribution >= 4 is 5.69 Å². The van der Waals surface area contributed by atoms with Crippen LogP contribution in [0.3, 0.4) is 0 Å². The summed E-state index contributed by atoms with van der Waals surface area (Å²) in [5.41, 5.74) is 7.19. The first-order valence-corrected chi connectivity index (χ1v) is 7.82. The van der Waals surface area contributed by atoms with Crippen molar-refractivity contribution in [3.05, 3.63) is 30.3 Å². The monoisotopic (exact) mass is 291 g/mol. The van der Waals surface area contributed by atoms with E-state index in [1.165, 1.54) is 5.69 Å². The first-order valence-electron chi connectivity index (χ1n) is 7.82. The van der Waals surface area contributed by atoms with Crippen LogP contribution < -0.4 is 10.6 Å². The second kappa shape index (κ2) is 6.32. The summed E-state index contributed by atoms with van der Waals surface area (Å²) in [6, 6.07) is 9.93. The molecule has 1 aliphatic carbocycles. The van der Waals surface area contributed by atoms with E-state index in [2.05, 4.69) is 34.1 Å². The van der Waals surface area contributed by atoms with Gasteiger partial charge in [-0.1, -0.05) is 18.2 Å². The molecular weight excluding hydrogens is 266 g/mol. The highest BCUT2D eigenvalue weighted by Crippen LogP contribution is 2.25. The third-order valence-corrected chi connectivity index (χ3v) is 4.84. The molecule has 5 heteroatoms. The van der Waals surface area contributed by atoms with Crippen LogP contribution in [0.1, 0.15) is 12.8 Å². The fourth-order valence-electron chi connectivity index (χ4n) is 3.56. The second-order valence-corrected chi connectivity index (χ2v) is 6.15. The van der Waals surface area contributed by atoms with Crippen LogP contribution in [0.25, 0.3) is 0 Å². The van der Waals surface area contributed by atoms with E-state index in [4.69, 9.17) is 5.73 Å². The zero-order chi connectivity index (χ0) is 14.8. The Morgan fingerprint density at radius 3 is 2.29 bits per heavy atom.